The summed E-state index contributed by atoms with van der Waals surface area (Å²) in [5.74, 6) is 0.897. The maximum absolute atomic E-state index is 11.7. The highest BCUT2D eigenvalue weighted by molar-refractivity contribution is 14.0. The fraction of sp³-hybridized carbons (Fsp3) is 0.556. The van der Waals surface area contributed by atoms with Gasteiger partial charge in [0.1, 0.15) is 0 Å². The molecule has 6 nitrogen and oxygen atoms in total. The largest absolute Gasteiger partial charge is 0.450 e. The van der Waals surface area contributed by atoms with Crippen LogP contribution >= 0.6 is 35.6 Å². The molecule has 2 aliphatic rings. The minimum absolute atomic E-state index is 0. The van der Waals surface area contributed by atoms with Crippen LogP contribution in [0.25, 0.3) is 0 Å². The molecular weight excluding hydrogens is 467 g/mol. The number of ether oxygens (including phenoxy) is 1. The van der Waals surface area contributed by atoms with E-state index in [0.717, 1.165) is 24.3 Å². The summed E-state index contributed by atoms with van der Waals surface area (Å²) in [6, 6.07) is 8.40. The summed E-state index contributed by atoms with van der Waals surface area (Å²) in [5.41, 5.74) is 7.28. The smallest absolute Gasteiger partial charge is 0.409 e. The van der Waals surface area contributed by atoms with Gasteiger partial charge in [0, 0.05) is 30.1 Å². The molecule has 2 unspecified atom stereocenters. The van der Waals surface area contributed by atoms with E-state index in [4.69, 9.17) is 22.1 Å². The molecule has 1 heterocycles. The van der Waals surface area contributed by atoms with Gasteiger partial charge in [0.15, 0.2) is 5.96 Å². The quantitative estimate of drug-likeness (QED) is 0.384. The number of nitrogens with one attached hydrogen (secondary N) is 1. The summed E-state index contributed by atoms with van der Waals surface area (Å²) in [6.45, 7) is 3.58. The van der Waals surface area contributed by atoms with Gasteiger partial charge in [-0.1, -0.05) is 23.7 Å². The molecule has 1 aromatic rings. The van der Waals surface area contributed by atoms with E-state index in [0.29, 0.717) is 31.6 Å². The Labute approximate surface area is 176 Å². The van der Waals surface area contributed by atoms with Gasteiger partial charge in [0.25, 0.3) is 0 Å². The average Bonchev–Trinajstić information content (AvgIpc) is 3.34. The van der Waals surface area contributed by atoms with E-state index in [1.54, 1.807) is 4.90 Å². The second-order valence-corrected chi connectivity index (χ2v) is 7.02. The van der Waals surface area contributed by atoms with Crippen molar-refractivity contribution in [3.8, 4) is 0 Å². The highest BCUT2D eigenvalue weighted by Crippen LogP contribution is 2.43. The fourth-order valence-corrected chi connectivity index (χ4v) is 3.46. The molecule has 3 rings (SSSR count). The van der Waals surface area contributed by atoms with Gasteiger partial charge in [-0.2, -0.15) is 0 Å². The lowest BCUT2D eigenvalue weighted by Gasteiger charge is -2.31. The highest BCUT2D eigenvalue weighted by Gasteiger charge is 2.38. The van der Waals surface area contributed by atoms with Crippen molar-refractivity contribution in [1.29, 1.82) is 0 Å². The molecule has 1 aromatic carbocycles. The van der Waals surface area contributed by atoms with E-state index in [1.165, 1.54) is 5.56 Å². The van der Waals surface area contributed by atoms with E-state index in [2.05, 4.69) is 16.4 Å². The zero-order valence-electron chi connectivity index (χ0n) is 14.9. The molecule has 1 saturated carbocycles. The standard InChI is InChI=1S/C18H25ClN4O2.HI/c1-2-25-18(24)23-8-6-14(7-9-23)21-17(20)22-16-11-15(16)12-4-3-5-13(19)10-12;/h3-5,10,14-16H,2,6-9,11H2,1H3,(H3,20,21,22);1H. The second kappa shape index (κ2) is 9.64. The van der Waals surface area contributed by atoms with Gasteiger partial charge in [-0.3, -0.25) is 0 Å². The number of hydrogen-bond donors (Lipinski definition) is 2. The van der Waals surface area contributed by atoms with Crippen LogP contribution in [0.1, 0.15) is 37.7 Å². The number of likely N-dealkylation sites (tertiary alicyclic amines) is 1. The molecule has 144 valence electrons. The lowest BCUT2D eigenvalue weighted by atomic mass is 10.1. The topological polar surface area (TPSA) is 80.0 Å². The average molecular weight is 493 g/mol. The number of carbonyl (C=O) groups is 1. The van der Waals surface area contributed by atoms with E-state index >= 15 is 0 Å². The van der Waals surface area contributed by atoms with Crippen LogP contribution in [0.15, 0.2) is 29.3 Å². The number of halogens is 2. The van der Waals surface area contributed by atoms with Crippen LogP contribution in [-0.4, -0.2) is 48.7 Å². The molecule has 1 amide bonds. The Bertz CT molecular complexity index is 650. The van der Waals surface area contributed by atoms with Gasteiger partial charge in [0.05, 0.1) is 12.6 Å². The molecule has 0 bridgehead atoms. The van der Waals surface area contributed by atoms with Crippen molar-refractivity contribution in [3.63, 3.8) is 0 Å². The third kappa shape index (κ3) is 5.64. The summed E-state index contributed by atoms with van der Waals surface area (Å²) in [4.78, 5) is 18.0. The number of piperidine rings is 1. The molecular formula is C18H26ClIN4O2. The maximum Gasteiger partial charge on any atom is 0.409 e. The van der Waals surface area contributed by atoms with Gasteiger partial charge in [-0.15, -0.1) is 24.0 Å². The van der Waals surface area contributed by atoms with E-state index in [9.17, 15) is 4.79 Å². The van der Waals surface area contributed by atoms with Crippen LogP contribution in [0.2, 0.25) is 5.02 Å². The van der Waals surface area contributed by atoms with Gasteiger partial charge >= 0.3 is 6.09 Å². The number of carbonyl (C=O) groups excluding carboxylic acids is 1. The van der Waals surface area contributed by atoms with Crippen molar-refractivity contribution in [3.05, 3.63) is 34.9 Å². The van der Waals surface area contributed by atoms with Crippen molar-refractivity contribution >= 4 is 47.6 Å². The predicted octanol–water partition coefficient (Wildman–Crippen LogP) is 3.34. The first-order valence-electron chi connectivity index (χ1n) is 8.83. The molecule has 0 aromatic heterocycles. The molecule has 2 atom stereocenters. The monoisotopic (exact) mass is 492 g/mol. The van der Waals surface area contributed by atoms with Gasteiger partial charge in [-0.25, -0.2) is 9.79 Å². The van der Waals surface area contributed by atoms with Crippen molar-refractivity contribution in [2.75, 3.05) is 19.7 Å². The summed E-state index contributed by atoms with van der Waals surface area (Å²) in [7, 11) is 0. The minimum Gasteiger partial charge on any atom is -0.450 e. The van der Waals surface area contributed by atoms with E-state index < -0.39 is 0 Å². The first-order chi connectivity index (χ1) is 12.1. The third-order valence-electron chi connectivity index (χ3n) is 4.71. The van der Waals surface area contributed by atoms with Gasteiger partial charge in [-0.05, 0) is 43.9 Å². The molecule has 0 spiro atoms. The first kappa shape index (κ1) is 21.1. The van der Waals surface area contributed by atoms with Gasteiger partial charge in [0.2, 0.25) is 0 Å². The molecule has 2 fully saturated rings. The molecule has 1 aliphatic heterocycles. The third-order valence-corrected chi connectivity index (χ3v) is 4.95. The number of benzene rings is 1. The van der Waals surface area contributed by atoms with Crippen LogP contribution in [0.4, 0.5) is 4.79 Å². The number of guanidine groups is 1. The van der Waals surface area contributed by atoms with Gasteiger partial charge < -0.3 is 20.7 Å². The second-order valence-electron chi connectivity index (χ2n) is 6.58. The van der Waals surface area contributed by atoms with Crippen molar-refractivity contribution in [1.82, 2.24) is 10.2 Å². The Morgan fingerprint density at radius 2 is 2.15 bits per heavy atom. The Balaban J connectivity index is 0.00000243. The molecule has 3 N–H and O–H groups in total. The van der Waals surface area contributed by atoms with Crippen LogP contribution in [0, 0.1) is 0 Å². The highest BCUT2D eigenvalue weighted by atomic mass is 127. The zero-order chi connectivity index (χ0) is 17.8. The number of nitrogens with two attached hydrogens (primary N) is 1. The Hall–Kier alpha value is -1.22. The van der Waals surface area contributed by atoms with Crippen molar-refractivity contribution in [2.24, 2.45) is 10.7 Å². The number of nitrogens with zero attached hydrogens (tertiary/aromatic N) is 2. The summed E-state index contributed by atoms with van der Waals surface area (Å²) >= 11 is 6.04. The van der Waals surface area contributed by atoms with Crippen LogP contribution in [-0.2, 0) is 4.74 Å². The Morgan fingerprint density at radius 1 is 1.42 bits per heavy atom. The number of rotatable bonds is 4. The number of hydrogen-bond acceptors (Lipinski definition) is 3. The summed E-state index contributed by atoms with van der Waals surface area (Å²) < 4.78 is 5.03. The molecule has 1 saturated heterocycles. The fourth-order valence-electron chi connectivity index (χ4n) is 3.27. The van der Waals surface area contributed by atoms with Crippen molar-refractivity contribution in [2.45, 2.75) is 44.2 Å². The lowest BCUT2D eigenvalue weighted by Crippen LogP contribution is -2.48. The van der Waals surface area contributed by atoms with Crippen molar-refractivity contribution < 1.29 is 9.53 Å². The molecule has 8 heteroatoms. The minimum atomic E-state index is -0.232. The normalized spacial score (nSPS) is 23.2. The van der Waals surface area contributed by atoms with E-state index in [1.807, 2.05) is 25.1 Å². The summed E-state index contributed by atoms with van der Waals surface area (Å²) in [5, 5.41) is 4.04. The maximum atomic E-state index is 11.7. The Morgan fingerprint density at radius 3 is 2.81 bits per heavy atom. The molecule has 1 aliphatic carbocycles. The summed E-state index contributed by atoms with van der Waals surface area (Å²) in [6.07, 6.45) is 2.46. The molecule has 26 heavy (non-hydrogen) atoms. The van der Waals surface area contributed by atoms with E-state index in [-0.39, 0.29) is 42.2 Å². The lowest BCUT2D eigenvalue weighted by molar-refractivity contribution is 0.0963. The number of aliphatic imine (C=N–C) groups is 1. The van der Waals surface area contributed by atoms with Crippen LogP contribution in [0.5, 0.6) is 0 Å². The number of amides is 1. The first-order valence-corrected chi connectivity index (χ1v) is 9.21. The zero-order valence-corrected chi connectivity index (χ0v) is 17.9. The Kier molecular flexibility index (Phi) is 7.82. The predicted molar refractivity (Wildman–Crippen MR) is 114 cm³/mol. The molecule has 0 radical (unpaired) electrons. The van der Waals surface area contributed by atoms with Crippen LogP contribution in [0.3, 0.4) is 0 Å². The van der Waals surface area contributed by atoms with Crippen LogP contribution < -0.4 is 11.1 Å². The SMILES string of the molecule is CCOC(=O)N1CCC(NC(N)=NC2CC2c2cccc(Cl)c2)CC1.I.